The monoisotopic (exact) mass is 415 g/mol. The van der Waals surface area contributed by atoms with Crippen LogP contribution in [0.15, 0.2) is 73.2 Å². The third kappa shape index (κ3) is 4.83. The molecule has 0 unspecified atom stereocenters. The van der Waals surface area contributed by atoms with Crippen LogP contribution in [0, 0.1) is 13.8 Å². The number of ether oxygens (including phenoxy) is 1. The van der Waals surface area contributed by atoms with Gasteiger partial charge in [0.15, 0.2) is 12.4 Å². The van der Waals surface area contributed by atoms with Crippen molar-refractivity contribution >= 4 is 5.91 Å². The predicted octanol–water partition coefficient (Wildman–Crippen LogP) is 3.99. The van der Waals surface area contributed by atoms with Crippen molar-refractivity contribution < 1.29 is 9.53 Å². The van der Waals surface area contributed by atoms with Crippen molar-refractivity contribution in [1.82, 2.24) is 24.5 Å². The first kappa shape index (κ1) is 20.4. The van der Waals surface area contributed by atoms with E-state index in [1.165, 1.54) is 5.56 Å². The third-order valence-corrected chi connectivity index (χ3v) is 5.01. The average Bonchev–Trinajstić information content (AvgIpc) is 3.45. The minimum Gasteiger partial charge on any atom is -0.471 e. The molecule has 0 fully saturated rings. The lowest BCUT2D eigenvalue weighted by atomic mass is 10.1. The van der Waals surface area contributed by atoms with Gasteiger partial charge in [-0.15, -0.1) is 0 Å². The molecular formula is C24H25N5O2. The summed E-state index contributed by atoms with van der Waals surface area (Å²) in [4.78, 5) is 14.4. The Morgan fingerprint density at radius 1 is 1.06 bits per heavy atom. The molecule has 0 radical (unpaired) electrons. The first-order valence-electron chi connectivity index (χ1n) is 10.1. The summed E-state index contributed by atoms with van der Waals surface area (Å²) in [6.45, 7) is 4.79. The van der Waals surface area contributed by atoms with E-state index in [1.54, 1.807) is 39.8 Å². The van der Waals surface area contributed by atoms with Gasteiger partial charge in [0.05, 0.1) is 5.69 Å². The van der Waals surface area contributed by atoms with Gasteiger partial charge in [0.1, 0.15) is 5.75 Å². The zero-order valence-electron chi connectivity index (χ0n) is 17.9. The molecule has 0 spiro atoms. The SMILES string of the molecule is Cc1ccc(OCn2ccc(C(=O)N(C)Cc3ccc(-n4cccn4)cc3)n2)c(C)c1. The molecule has 4 aromatic rings. The molecule has 2 aromatic heterocycles. The fourth-order valence-electron chi connectivity index (χ4n) is 3.36. The van der Waals surface area contributed by atoms with Crippen LogP contribution in [0.3, 0.4) is 0 Å². The lowest BCUT2D eigenvalue weighted by Crippen LogP contribution is -2.26. The van der Waals surface area contributed by atoms with Gasteiger partial charge in [-0.2, -0.15) is 10.2 Å². The molecule has 7 nitrogen and oxygen atoms in total. The van der Waals surface area contributed by atoms with E-state index in [2.05, 4.69) is 16.3 Å². The molecule has 0 bridgehead atoms. The van der Waals surface area contributed by atoms with E-state index in [0.29, 0.717) is 12.2 Å². The second-order valence-corrected chi connectivity index (χ2v) is 7.56. The van der Waals surface area contributed by atoms with Gasteiger partial charge in [-0.05, 0) is 55.3 Å². The van der Waals surface area contributed by atoms with Crippen molar-refractivity contribution in [3.05, 3.63) is 95.6 Å². The minimum absolute atomic E-state index is 0.138. The Bertz CT molecular complexity index is 1160. The molecule has 2 heterocycles. The van der Waals surface area contributed by atoms with Gasteiger partial charge in [-0.25, -0.2) is 9.36 Å². The molecule has 0 aliphatic carbocycles. The van der Waals surface area contributed by atoms with Crippen molar-refractivity contribution in [2.24, 2.45) is 0 Å². The molecule has 1 amide bonds. The fraction of sp³-hybridized carbons (Fsp3) is 0.208. The standard InChI is InChI=1S/C24H25N5O2/c1-18-5-10-23(19(2)15-18)31-17-28-14-11-22(26-28)24(30)27(3)16-20-6-8-21(9-7-20)29-13-4-12-25-29/h4-15H,16-17H2,1-3H3. The number of benzene rings is 2. The first-order valence-corrected chi connectivity index (χ1v) is 10.1. The molecule has 0 atom stereocenters. The Hall–Kier alpha value is -3.87. The lowest BCUT2D eigenvalue weighted by Gasteiger charge is -2.16. The van der Waals surface area contributed by atoms with Crippen molar-refractivity contribution in [3.8, 4) is 11.4 Å². The van der Waals surface area contributed by atoms with Crippen LogP contribution in [0.2, 0.25) is 0 Å². The molecule has 31 heavy (non-hydrogen) atoms. The number of carbonyl (C=O) groups excluding carboxylic acids is 1. The summed E-state index contributed by atoms with van der Waals surface area (Å²) in [6, 6.07) is 17.6. The van der Waals surface area contributed by atoms with E-state index in [0.717, 1.165) is 22.6 Å². The fourth-order valence-corrected chi connectivity index (χ4v) is 3.36. The van der Waals surface area contributed by atoms with Crippen LogP contribution < -0.4 is 4.74 Å². The predicted molar refractivity (Wildman–Crippen MR) is 118 cm³/mol. The number of rotatable bonds is 7. The Labute approximate surface area is 181 Å². The van der Waals surface area contributed by atoms with E-state index >= 15 is 0 Å². The summed E-state index contributed by atoms with van der Waals surface area (Å²) in [5.41, 5.74) is 4.66. The Kier molecular flexibility index (Phi) is 5.84. The zero-order valence-corrected chi connectivity index (χ0v) is 17.9. The number of aromatic nitrogens is 4. The molecule has 2 aromatic carbocycles. The molecule has 7 heteroatoms. The summed E-state index contributed by atoms with van der Waals surface area (Å²) in [5.74, 6) is 0.672. The molecule has 4 rings (SSSR count). The average molecular weight is 415 g/mol. The number of amides is 1. The van der Waals surface area contributed by atoms with Crippen LogP contribution in [-0.4, -0.2) is 37.4 Å². The molecular weight excluding hydrogens is 390 g/mol. The maximum Gasteiger partial charge on any atom is 0.274 e. The summed E-state index contributed by atoms with van der Waals surface area (Å²) >= 11 is 0. The largest absolute Gasteiger partial charge is 0.471 e. The second-order valence-electron chi connectivity index (χ2n) is 7.56. The minimum atomic E-state index is -0.138. The Morgan fingerprint density at radius 3 is 2.58 bits per heavy atom. The second kappa shape index (κ2) is 8.87. The topological polar surface area (TPSA) is 65.2 Å². The summed E-state index contributed by atoms with van der Waals surface area (Å²) in [7, 11) is 1.77. The van der Waals surface area contributed by atoms with Crippen molar-refractivity contribution in [3.63, 3.8) is 0 Å². The number of aryl methyl sites for hydroxylation is 2. The van der Waals surface area contributed by atoms with Gasteiger partial charge < -0.3 is 9.64 Å². The molecule has 0 N–H and O–H groups in total. The third-order valence-electron chi connectivity index (χ3n) is 5.01. The molecule has 0 aliphatic heterocycles. The number of hydrogen-bond acceptors (Lipinski definition) is 4. The first-order chi connectivity index (χ1) is 15.0. The Morgan fingerprint density at radius 2 is 1.87 bits per heavy atom. The summed E-state index contributed by atoms with van der Waals surface area (Å²) < 4.78 is 9.26. The summed E-state index contributed by atoms with van der Waals surface area (Å²) in [6.07, 6.45) is 5.39. The molecule has 0 saturated heterocycles. The Balaban J connectivity index is 1.35. The highest BCUT2D eigenvalue weighted by Crippen LogP contribution is 2.19. The smallest absolute Gasteiger partial charge is 0.274 e. The van der Waals surface area contributed by atoms with E-state index < -0.39 is 0 Å². The van der Waals surface area contributed by atoms with E-state index in [9.17, 15) is 4.79 Å². The molecule has 0 aliphatic rings. The van der Waals surface area contributed by atoms with Gasteiger partial charge >= 0.3 is 0 Å². The van der Waals surface area contributed by atoms with Gasteiger partial charge in [-0.1, -0.05) is 29.8 Å². The van der Waals surface area contributed by atoms with Crippen molar-refractivity contribution in [2.75, 3.05) is 7.05 Å². The van der Waals surface area contributed by atoms with Gasteiger partial charge in [-0.3, -0.25) is 4.79 Å². The van der Waals surface area contributed by atoms with E-state index in [4.69, 9.17) is 4.74 Å². The number of carbonyl (C=O) groups is 1. The van der Waals surface area contributed by atoms with Crippen LogP contribution in [-0.2, 0) is 13.3 Å². The van der Waals surface area contributed by atoms with Gasteiger partial charge in [0, 0.05) is 32.2 Å². The quantitative estimate of drug-likeness (QED) is 0.458. The van der Waals surface area contributed by atoms with Crippen LogP contribution in [0.1, 0.15) is 27.2 Å². The number of hydrogen-bond donors (Lipinski definition) is 0. The van der Waals surface area contributed by atoms with Crippen LogP contribution in [0.4, 0.5) is 0 Å². The maximum absolute atomic E-state index is 12.8. The van der Waals surface area contributed by atoms with Gasteiger partial charge in [0.2, 0.25) is 0 Å². The maximum atomic E-state index is 12.8. The number of nitrogens with zero attached hydrogens (tertiary/aromatic N) is 5. The van der Waals surface area contributed by atoms with Crippen molar-refractivity contribution in [2.45, 2.75) is 27.1 Å². The zero-order chi connectivity index (χ0) is 21.8. The van der Waals surface area contributed by atoms with Crippen LogP contribution in [0.5, 0.6) is 5.75 Å². The highest BCUT2D eigenvalue weighted by atomic mass is 16.5. The van der Waals surface area contributed by atoms with Crippen LogP contribution >= 0.6 is 0 Å². The normalized spacial score (nSPS) is 10.8. The summed E-state index contributed by atoms with van der Waals surface area (Å²) in [5, 5.41) is 8.59. The van der Waals surface area contributed by atoms with Crippen molar-refractivity contribution in [1.29, 1.82) is 0 Å². The van der Waals surface area contributed by atoms with Gasteiger partial charge in [0.25, 0.3) is 5.91 Å². The van der Waals surface area contributed by atoms with E-state index in [-0.39, 0.29) is 12.6 Å². The highest BCUT2D eigenvalue weighted by molar-refractivity contribution is 5.91. The van der Waals surface area contributed by atoms with Crippen LogP contribution in [0.25, 0.3) is 5.69 Å². The molecule has 0 saturated carbocycles. The highest BCUT2D eigenvalue weighted by Gasteiger charge is 2.15. The lowest BCUT2D eigenvalue weighted by molar-refractivity contribution is 0.0777. The van der Waals surface area contributed by atoms with E-state index in [1.807, 2.05) is 62.5 Å². The molecule has 158 valence electrons.